The van der Waals surface area contributed by atoms with Crippen molar-refractivity contribution in [3.63, 3.8) is 0 Å². The van der Waals surface area contributed by atoms with E-state index in [1.807, 2.05) is 19.1 Å². The van der Waals surface area contributed by atoms with Crippen molar-refractivity contribution in [2.24, 2.45) is 0 Å². The van der Waals surface area contributed by atoms with Crippen LogP contribution in [0.1, 0.15) is 24.2 Å². The molecule has 0 radical (unpaired) electrons. The highest BCUT2D eigenvalue weighted by Gasteiger charge is 2.12. The van der Waals surface area contributed by atoms with Gasteiger partial charge in [0.15, 0.2) is 0 Å². The smallest absolute Gasteiger partial charge is 0.122 e. The van der Waals surface area contributed by atoms with E-state index in [-0.39, 0.29) is 17.5 Å². The monoisotopic (exact) mass is 317 g/mol. The molecule has 5 heteroatoms. The number of nitrogens with one attached hydrogen (secondary N) is 1. The molecule has 0 saturated carbocycles. The van der Waals surface area contributed by atoms with Crippen LogP contribution in [0, 0.1) is 0 Å². The summed E-state index contributed by atoms with van der Waals surface area (Å²) >= 11 is 0. The number of aliphatic hydroxyl groups excluding tert-OH is 1. The molecule has 2 rings (SSSR count). The molecule has 5 nitrogen and oxygen atoms in total. The number of phenols is 2. The van der Waals surface area contributed by atoms with Crippen LogP contribution in [0.2, 0.25) is 0 Å². The third-order valence-electron chi connectivity index (χ3n) is 3.67. The third-order valence-corrected chi connectivity index (χ3v) is 3.67. The van der Waals surface area contributed by atoms with Crippen molar-refractivity contribution >= 4 is 0 Å². The van der Waals surface area contributed by atoms with E-state index < -0.39 is 6.10 Å². The van der Waals surface area contributed by atoms with Gasteiger partial charge in [-0.05, 0) is 48.7 Å². The molecule has 2 atom stereocenters. The Morgan fingerprint density at radius 2 is 1.74 bits per heavy atom. The fraction of sp³-hybridized carbons (Fsp3) is 0.333. The molecule has 0 spiro atoms. The summed E-state index contributed by atoms with van der Waals surface area (Å²) in [6, 6.07) is 12.0. The topological polar surface area (TPSA) is 82.0 Å². The van der Waals surface area contributed by atoms with E-state index in [1.54, 1.807) is 18.2 Å². The molecule has 0 aliphatic carbocycles. The van der Waals surface area contributed by atoms with Crippen molar-refractivity contribution in [2.75, 3.05) is 13.7 Å². The summed E-state index contributed by atoms with van der Waals surface area (Å²) in [5, 5.41) is 32.4. The average Bonchev–Trinajstić information content (AvgIpc) is 2.54. The summed E-state index contributed by atoms with van der Waals surface area (Å²) in [6.07, 6.45) is 0.0503. The SMILES string of the molecule is COc1cc(O)cc(C(O)CNC(C)Cc2ccc(O)cc2)c1. The number of hydrogen-bond donors (Lipinski definition) is 4. The minimum Gasteiger partial charge on any atom is -0.508 e. The normalized spacial score (nSPS) is 13.5. The Morgan fingerprint density at radius 3 is 2.39 bits per heavy atom. The zero-order valence-electron chi connectivity index (χ0n) is 13.4. The third kappa shape index (κ3) is 5.16. The number of methoxy groups -OCH3 is 1. The van der Waals surface area contributed by atoms with Gasteiger partial charge in [-0.2, -0.15) is 0 Å². The van der Waals surface area contributed by atoms with E-state index in [0.717, 1.165) is 12.0 Å². The van der Waals surface area contributed by atoms with E-state index in [1.165, 1.54) is 19.2 Å². The highest BCUT2D eigenvalue weighted by molar-refractivity contribution is 5.38. The van der Waals surface area contributed by atoms with Gasteiger partial charge in [0, 0.05) is 18.7 Å². The van der Waals surface area contributed by atoms with Gasteiger partial charge in [-0.1, -0.05) is 12.1 Å². The number of benzene rings is 2. The minimum absolute atomic E-state index is 0.0653. The molecular formula is C18H23NO4. The van der Waals surface area contributed by atoms with E-state index in [0.29, 0.717) is 17.9 Å². The molecule has 2 aromatic rings. The van der Waals surface area contributed by atoms with Gasteiger partial charge < -0.3 is 25.4 Å². The number of aromatic hydroxyl groups is 2. The van der Waals surface area contributed by atoms with Crippen LogP contribution in [0.4, 0.5) is 0 Å². The number of rotatable bonds is 7. The second-order valence-corrected chi connectivity index (χ2v) is 5.66. The van der Waals surface area contributed by atoms with Crippen LogP contribution in [0.3, 0.4) is 0 Å². The molecule has 0 aliphatic rings. The summed E-state index contributed by atoms with van der Waals surface area (Å²) in [6.45, 7) is 2.40. The van der Waals surface area contributed by atoms with Crippen LogP contribution >= 0.6 is 0 Å². The zero-order chi connectivity index (χ0) is 16.8. The quantitative estimate of drug-likeness (QED) is 0.630. The maximum absolute atomic E-state index is 10.3. The molecule has 2 aromatic carbocycles. The predicted octanol–water partition coefficient (Wildman–Crippen LogP) is 2.36. The Balaban J connectivity index is 1.89. The molecule has 0 aromatic heterocycles. The Morgan fingerprint density at radius 1 is 1.04 bits per heavy atom. The number of hydrogen-bond acceptors (Lipinski definition) is 5. The molecular weight excluding hydrogens is 294 g/mol. The van der Waals surface area contributed by atoms with Crippen LogP contribution in [0.5, 0.6) is 17.2 Å². The highest BCUT2D eigenvalue weighted by Crippen LogP contribution is 2.25. The summed E-state index contributed by atoms with van der Waals surface area (Å²) in [5.41, 5.74) is 1.71. The average molecular weight is 317 g/mol. The Bertz CT molecular complexity index is 627. The predicted molar refractivity (Wildman–Crippen MR) is 88.9 cm³/mol. The van der Waals surface area contributed by atoms with Gasteiger partial charge in [0.1, 0.15) is 17.2 Å². The second kappa shape index (κ2) is 7.85. The lowest BCUT2D eigenvalue weighted by molar-refractivity contribution is 0.170. The molecule has 0 amide bonds. The zero-order valence-corrected chi connectivity index (χ0v) is 13.4. The van der Waals surface area contributed by atoms with Crippen molar-refractivity contribution in [1.82, 2.24) is 5.32 Å². The number of ether oxygens (including phenoxy) is 1. The van der Waals surface area contributed by atoms with Gasteiger partial charge in [-0.15, -0.1) is 0 Å². The van der Waals surface area contributed by atoms with E-state index in [9.17, 15) is 15.3 Å². The van der Waals surface area contributed by atoms with E-state index >= 15 is 0 Å². The molecule has 2 unspecified atom stereocenters. The molecule has 0 bridgehead atoms. The largest absolute Gasteiger partial charge is 0.508 e. The van der Waals surface area contributed by atoms with Crippen LogP contribution in [-0.4, -0.2) is 35.0 Å². The first kappa shape index (κ1) is 17.1. The van der Waals surface area contributed by atoms with Crippen molar-refractivity contribution in [2.45, 2.75) is 25.5 Å². The molecule has 0 aliphatic heterocycles. The Hall–Kier alpha value is -2.24. The summed E-state index contributed by atoms with van der Waals surface area (Å²) in [7, 11) is 1.52. The maximum atomic E-state index is 10.3. The fourth-order valence-corrected chi connectivity index (χ4v) is 2.40. The first-order valence-electron chi connectivity index (χ1n) is 7.55. The molecule has 124 valence electrons. The van der Waals surface area contributed by atoms with Gasteiger partial charge in [-0.25, -0.2) is 0 Å². The molecule has 0 heterocycles. The lowest BCUT2D eigenvalue weighted by atomic mass is 10.1. The van der Waals surface area contributed by atoms with Crippen molar-refractivity contribution in [3.05, 3.63) is 53.6 Å². The van der Waals surface area contributed by atoms with Gasteiger partial charge in [0.2, 0.25) is 0 Å². The van der Waals surface area contributed by atoms with Crippen LogP contribution in [0.15, 0.2) is 42.5 Å². The second-order valence-electron chi connectivity index (χ2n) is 5.66. The lowest BCUT2D eigenvalue weighted by Gasteiger charge is -2.18. The molecule has 0 fully saturated rings. The van der Waals surface area contributed by atoms with Gasteiger partial charge in [0.25, 0.3) is 0 Å². The summed E-state index contributed by atoms with van der Waals surface area (Å²) in [5.74, 6) is 0.828. The lowest BCUT2D eigenvalue weighted by Crippen LogP contribution is -2.32. The number of phenolic OH excluding ortho intramolecular Hbond substituents is 2. The van der Waals surface area contributed by atoms with Crippen molar-refractivity contribution in [3.8, 4) is 17.2 Å². The highest BCUT2D eigenvalue weighted by atomic mass is 16.5. The Kier molecular flexibility index (Phi) is 5.84. The van der Waals surface area contributed by atoms with Crippen molar-refractivity contribution in [1.29, 1.82) is 0 Å². The molecule has 0 saturated heterocycles. The van der Waals surface area contributed by atoms with Gasteiger partial charge >= 0.3 is 0 Å². The first-order chi connectivity index (χ1) is 11.0. The van der Waals surface area contributed by atoms with E-state index in [2.05, 4.69) is 5.32 Å². The van der Waals surface area contributed by atoms with Crippen LogP contribution in [-0.2, 0) is 6.42 Å². The Labute approximate surface area is 136 Å². The first-order valence-corrected chi connectivity index (χ1v) is 7.55. The fourth-order valence-electron chi connectivity index (χ4n) is 2.40. The van der Waals surface area contributed by atoms with Gasteiger partial charge in [-0.3, -0.25) is 0 Å². The van der Waals surface area contributed by atoms with E-state index in [4.69, 9.17) is 4.74 Å². The van der Waals surface area contributed by atoms with Crippen LogP contribution < -0.4 is 10.1 Å². The molecule has 23 heavy (non-hydrogen) atoms. The van der Waals surface area contributed by atoms with Crippen LogP contribution in [0.25, 0.3) is 0 Å². The van der Waals surface area contributed by atoms with Gasteiger partial charge in [0.05, 0.1) is 13.2 Å². The molecule has 4 N–H and O–H groups in total. The summed E-state index contributed by atoms with van der Waals surface area (Å²) < 4.78 is 5.09. The summed E-state index contributed by atoms with van der Waals surface area (Å²) in [4.78, 5) is 0. The maximum Gasteiger partial charge on any atom is 0.122 e. The standard InChI is InChI=1S/C18H23NO4/c1-12(7-13-3-5-15(20)6-4-13)19-11-18(22)14-8-16(21)10-17(9-14)23-2/h3-6,8-10,12,18-22H,7,11H2,1-2H3. The van der Waals surface area contributed by atoms with Crippen molar-refractivity contribution < 1.29 is 20.1 Å². The number of aliphatic hydroxyl groups is 1. The minimum atomic E-state index is -0.738.